The SMILES string of the molecule is CC1(C)CCC(NC(=O)C2(C#N)CCC2)C1. The fourth-order valence-electron chi connectivity index (χ4n) is 2.80. The van der Waals surface area contributed by atoms with Crippen molar-refractivity contribution in [3.63, 3.8) is 0 Å². The average molecular weight is 220 g/mol. The fourth-order valence-corrected chi connectivity index (χ4v) is 2.80. The summed E-state index contributed by atoms with van der Waals surface area (Å²) in [7, 11) is 0. The highest BCUT2D eigenvalue weighted by Crippen LogP contribution is 2.42. The second kappa shape index (κ2) is 3.76. The quantitative estimate of drug-likeness (QED) is 0.776. The molecule has 1 unspecified atom stereocenters. The van der Waals surface area contributed by atoms with Gasteiger partial charge >= 0.3 is 0 Å². The van der Waals surface area contributed by atoms with Crippen LogP contribution < -0.4 is 5.32 Å². The Balaban J connectivity index is 1.92. The molecule has 3 nitrogen and oxygen atoms in total. The molecule has 1 N–H and O–H groups in total. The average Bonchev–Trinajstić information content (AvgIpc) is 2.44. The molecule has 0 aromatic carbocycles. The van der Waals surface area contributed by atoms with Crippen LogP contribution in [0, 0.1) is 22.2 Å². The lowest BCUT2D eigenvalue weighted by Crippen LogP contribution is -2.47. The molecular formula is C13H20N2O. The molecule has 2 rings (SSSR count). The van der Waals surface area contributed by atoms with Gasteiger partial charge in [-0.3, -0.25) is 4.79 Å². The third-order valence-corrected chi connectivity index (χ3v) is 4.16. The second-order valence-electron chi connectivity index (χ2n) is 6.12. The lowest BCUT2D eigenvalue weighted by molar-refractivity contribution is -0.132. The molecule has 0 spiro atoms. The lowest BCUT2D eigenvalue weighted by atomic mass is 9.69. The first-order valence-electron chi connectivity index (χ1n) is 6.20. The van der Waals surface area contributed by atoms with Crippen LogP contribution in [0.2, 0.25) is 0 Å². The molecule has 16 heavy (non-hydrogen) atoms. The maximum atomic E-state index is 12.0. The highest BCUT2D eigenvalue weighted by molar-refractivity contribution is 5.86. The maximum Gasteiger partial charge on any atom is 0.240 e. The second-order valence-corrected chi connectivity index (χ2v) is 6.12. The topological polar surface area (TPSA) is 52.9 Å². The smallest absolute Gasteiger partial charge is 0.240 e. The zero-order valence-electron chi connectivity index (χ0n) is 10.2. The Hall–Kier alpha value is -1.04. The molecule has 2 fully saturated rings. The molecule has 2 aliphatic rings. The molecule has 0 aromatic rings. The van der Waals surface area contributed by atoms with E-state index in [9.17, 15) is 4.79 Å². The summed E-state index contributed by atoms with van der Waals surface area (Å²) in [4.78, 5) is 12.0. The van der Waals surface area contributed by atoms with Crippen molar-refractivity contribution >= 4 is 5.91 Å². The largest absolute Gasteiger partial charge is 0.352 e. The highest BCUT2D eigenvalue weighted by Gasteiger charge is 2.46. The van der Waals surface area contributed by atoms with Crippen molar-refractivity contribution in [1.29, 1.82) is 5.26 Å². The third kappa shape index (κ3) is 1.93. The minimum atomic E-state index is -0.688. The molecule has 2 saturated carbocycles. The summed E-state index contributed by atoms with van der Waals surface area (Å²) in [6, 6.07) is 2.48. The fraction of sp³-hybridized carbons (Fsp3) is 0.846. The van der Waals surface area contributed by atoms with Gasteiger partial charge in [-0.1, -0.05) is 13.8 Å². The molecule has 1 atom stereocenters. The summed E-state index contributed by atoms with van der Waals surface area (Å²) >= 11 is 0. The minimum Gasteiger partial charge on any atom is -0.352 e. The first kappa shape index (κ1) is 11.4. The number of carbonyl (C=O) groups is 1. The molecule has 0 radical (unpaired) electrons. The van der Waals surface area contributed by atoms with Gasteiger partial charge in [0.2, 0.25) is 5.91 Å². The van der Waals surface area contributed by atoms with Crippen LogP contribution in [0.15, 0.2) is 0 Å². The summed E-state index contributed by atoms with van der Waals surface area (Å²) in [6.45, 7) is 4.48. The zero-order chi connectivity index (χ0) is 11.8. The minimum absolute atomic E-state index is 0.0241. The van der Waals surface area contributed by atoms with E-state index in [1.807, 2.05) is 0 Å². The third-order valence-electron chi connectivity index (χ3n) is 4.16. The Morgan fingerprint density at radius 2 is 2.06 bits per heavy atom. The Kier molecular flexibility index (Phi) is 2.69. The van der Waals surface area contributed by atoms with Gasteiger partial charge < -0.3 is 5.32 Å². The molecule has 0 heterocycles. The number of amides is 1. The van der Waals surface area contributed by atoms with Crippen LogP contribution in [-0.4, -0.2) is 11.9 Å². The van der Waals surface area contributed by atoms with Crippen molar-refractivity contribution in [2.75, 3.05) is 0 Å². The van der Waals surface area contributed by atoms with E-state index in [-0.39, 0.29) is 11.9 Å². The summed E-state index contributed by atoms with van der Waals surface area (Å²) < 4.78 is 0. The van der Waals surface area contributed by atoms with Crippen LogP contribution in [0.25, 0.3) is 0 Å². The van der Waals surface area contributed by atoms with E-state index in [1.54, 1.807) is 0 Å². The predicted molar refractivity (Wildman–Crippen MR) is 61.5 cm³/mol. The number of carbonyl (C=O) groups excluding carboxylic acids is 1. The van der Waals surface area contributed by atoms with Crippen molar-refractivity contribution in [2.45, 2.75) is 58.4 Å². The van der Waals surface area contributed by atoms with Gasteiger partial charge in [0.15, 0.2) is 0 Å². The Morgan fingerprint density at radius 1 is 1.38 bits per heavy atom. The van der Waals surface area contributed by atoms with Gasteiger partial charge in [-0.15, -0.1) is 0 Å². The molecular weight excluding hydrogens is 200 g/mol. The molecule has 88 valence electrons. The Labute approximate surface area is 97.2 Å². The summed E-state index contributed by atoms with van der Waals surface area (Å²) in [5.41, 5.74) is -0.343. The van der Waals surface area contributed by atoms with Crippen LogP contribution in [-0.2, 0) is 4.79 Å². The van der Waals surface area contributed by atoms with E-state index < -0.39 is 5.41 Å². The number of nitriles is 1. The lowest BCUT2D eigenvalue weighted by Gasteiger charge is -2.34. The summed E-state index contributed by atoms with van der Waals surface area (Å²) in [6.07, 6.45) is 5.76. The standard InChI is InChI=1S/C13H20N2O/c1-12(2)7-4-10(8-12)15-11(16)13(9-14)5-3-6-13/h10H,3-8H2,1-2H3,(H,15,16). The van der Waals surface area contributed by atoms with Gasteiger partial charge in [-0.05, 0) is 43.9 Å². The Bertz CT molecular complexity index is 336. The van der Waals surface area contributed by atoms with E-state index >= 15 is 0 Å². The first-order valence-corrected chi connectivity index (χ1v) is 6.20. The molecule has 0 aliphatic heterocycles. The van der Waals surface area contributed by atoms with Gasteiger partial charge in [0.25, 0.3) is 0 Å². The van der Waals surface area contributed by atoms with E-state index in [4.69, 9.17) is 5.26 Å². The molecule has 0 saturated heterocycles. The van der Waals surface area contributed by atoms with Crippen molar-refractivity contribution in [3.8, 4) is 6.07 Å². The number of hydrogen-bond donors (Lipinski definition) is 1. The van der Waals surface area contributed by atoms with Crippen LogP contribution in [0.4, 0.5) is 0 Å². The van der Waals surface area contributed by atoms with Crippen LogP contribution >= 0.6 is 0 Å². The van der Waals surface area contributed by atoms with Gasteiger partial charge in [0.05, 0.1) is 6.07 Å². The normalized spacial score (nSPS) is 30.2. The van der Waals surface area contributed by atoms with Gasteiger partial charge in [-0.25, -0.2) is 0 Å². The predicted octanol–water partition coefficient (Wildman–Crippen LogP) is 2.38. The maximum absolute atomic E-state index is 12.0. The van der Waals surface area contributed by atoms with Gasteiger partial charge in [0.1, 0.15) is 5.41 Å². The summed E-state index contributed by atoms with van der Waals surface area (Å²) in [5.74, 6) is -0.0241. The first-order chi connectivity index (χ1) is 7.47. The molecule has 0 aromatic heterocycles. The van der Waals surface area contributed by atoms with E-state index in [1.165, 1.54) is 0 Å². The summed E-state index contributed by atoms with van der Waals surface area (Å²) in [5, 5.41) is 12.1. The number of rotatable bonds is 2. The van der Waals surface area contributed by atoms with Crippen molar-refractivity contribution in [3.05, 3.63) is 0 Å². The molecule has 0 bridgehead atoms. The number of nitrogens with zero attached hydrogens (tertiary/aromatic N) is 1. The van der Waals surface area contributed by atoms with E-state index in [0.717, 1.165) is 38.5 Å². The van der Waals surface area contributed by atoms with Crippen molar-refractivity contribution < 1.29 is 4.79 Å². The van der Waals surface area contributed by atoms with Crippen molar-refractivity contribution in [1.82, 2.24) is 5.32 Å². The van der Waals surface area contributed by atoms with E-state index in [2.05, 4.69) is 25.2 Å². The zero-order valence-corrected chi connectivity index (χ0v) is 10.2. The van der Waals surface area contributed by atoms with Crippen LogP contribution in [0.1, 0.15) is 52.4 Å². The number of hydrogen-bond acceptors (Lipinski definition) is 2. The monoisotopic (exact) mass is 220 g/mol. The van der Waals surface area contributed by atoms with Crippen LogP contribution in [0.5, 0.6) is 0 Å². The van der Waals surface area contributed by atoms with Gasteiger partial charge in [-0.2, -0.15) is 5.26 Å². The highest BCUT2D eigenvalue weighted by atomic mass is 16.2. The molecule has 3 heteroatoms. The van der Waals surface area contributed by atoms with Gasteiger partial charge in [0, 0.05) is 6.04 Å². The number of nitrogens with one attached hydrogen (secondary N) is 1. The van der Waals surface area contributed by atoms with E-state index in [0.29, 0.717) is 5.41 Å². The Morgan fingerprint density at radius 3 is 2.44 bits per heavy atom. The molecule has 1 amide bonds. The van der Waals surface area contributed by atoms with Crippen molar-refractivity contribution in [2.24, 2.45) is 10.8 Å². The molecule has 2 aliphatic carbocycles. The van der Waals surface area contributed by atoms with Crippen LogP contribution in [0.3, 0.4) is 0 Å².